The minimum Gasteiger partial charge on any atom is -0.465 e. The van der Waals surface area contributed by atoms with E-state index in [1.807, 2.05) is 30.3 Å². The summed E-state index contributed by atoms with van der Waals surface area (Å²) in [6.07, 6.45) is 0. The van der Waals surface area contributed by atoms with Crippen LogP contribution in [0.4, 0.5) is 0 Å². The molecule has 132 valence electrons. The quantitative estimate of drug-likeness (QED) is 0.610. The lowest BCUT2D eigenvalue weighted by atomic mass is 10.1. The van der Waals surface area contributed by atoms with Gasteiger partial charge in [0.1, 0.15) is 17.9 Å². The Morgan fingerprint density at radius 3 is 2.08 bits per heavy atom. The summed E-state index contributed by atoms with van der Waals surface area (Å²) >= 11 is 0. The third-order valence-corrected chi connectivity index (χ3v) is 3.87. The van der Waals surface area contributed by atoms with Crippen LogP contribution in [0.2, 0.25) is 0 Å². The Balaban J connectivity index is 2.43. The average Bonchev–Trinajstić information content (AvgIpc) is 2.90. The molecule has 0 atom stereocenters. The lowest BCUT2D eigenvalue weighted by Gasteiger charge is -2.07. The zero-order chi connectivity index (χ0) is 18.6. The van der Waals surface area contributed by atoms with Gasteiger partial charge in [-0.2, -0.15) is 0 Å². The molecule has 7 heteroatoms. The number of esters is 3. The molecule has 0 fully saturated rings. The molecule has 0 spiro atoms. The van der Waals surface area contributed by atoms with Gasteiger partial charge in [-0.25, -0.2) is 14.4 Å². The summed E-state index contributed by atoms with van der Waals surface area (Å²) in [6.45, 7) is 1.65. The zero-order valence-corrected chi connectivity index (χ0v) is 14.5. The number of nitrogens with zero attached hydrogens (tertiary/aromatic N) is 1. The molecule has 1 aromatic heterocycles. The number of carbonyl (C=O) groups excluding carboxylic acids is 3. The van der Waals surface area contributed by atoms with Gasteiger partial charge < -0.3 is 18.8 Å². The van der Waals surface area contributed by atoms with E-state index >= 15 is 0 Å². The minimum atomic E-state index is -0.809. The van der Waals surface area contributed by atoms with E-state index in [1.165, 1.54) is 18.8 Å². The van der Waals surface area contributed by atoms with Crippen LogP contribution in [0, 0.1) is 6.92 Å². The molecule has 0 saturated carbocycles. The van der Waals surface area contributed by atoms with Gasteiger partial charge in [-0.05, 0) is 12.5 Å². The molecular formula is C18H19NO6. The molecule has 7 nitrogen and oxygen atoms in total. The summed E-state index contributed by atoms with van der Waals surface area (Å²) in [5.41, 5.74) is 0.979. The van der Waals surface area contributed by atoms with Crippen LogP contribution >= 0.6 is 0 Å². The smallest absolute Gasteiger partial charge is 0.355 e. The highest BCUT2D eigenvalue weighted by Gasteiger charge is 2.33. The van der Waals surface area contributed by atoms with E-state index < -0.39 is 17.9 Å². The van der Waals surface area contributed by atoms with Crippen molar-refractivity contribution in [2.45, 2.75) is 13.5 Å². The minimum absolute atomic E-state index is 0.00863. The van der Waals surface area contributed by atoms with Gasteiger partial charge in [-0.1, -0.05) is 30.3 Å². The fourth-order valence-electron chi connectivity index (χ4n) is 2.48. The molecule has 0 aliphatic rings. The van der Waals surface area contributed by atoms with E-state index in [4.69, 9.17) is 14.2 Å². The second kappa shape index (κ2) is 7.65. The van der Waals surface area contributed by atoms with Crippen molar-refractivity contribution in [1.29, 1.82) is 0 Å². The highest BCUT2D eigenvalue weighted by Crippen LogP contribution is 2.25. The summed E-state index contributed by atoms with van der Waals surface area (Å²) in [5.74, 6) is -2.27. The van der Waals surface area contributed by atoms with Gasteiger partial charge >= 0.3 is 17.9 Å². The molecule has 1 aromatic carbocycles. The van der Waals surface area contributed by atoms with Crippen LogP contribution in [0.3, 0.4) is 0 Å². The lowest BCUT2D eigenvalue weighted by molar-refractivity contribution is 0.0456. The summed E-state index contributed by atoms with van der Waals surface area (Å²) in [4.78, 5) is 36.8. The normalized spacial score (nSPS) is 10.2. The van der Waals surface area contributed by atoms with Crippen LogP contribution in [-0.2, 0) is 27.9 Å². The topological polar surface area (TPSA) is 83.8 Å². The Morgan fingerprint density at radius 1 is 0.920 bits per heavy atom. The van der Waals surface area contributed by atoms with Crippen molar-refractivity contribution in [2.75, 3.05) is 14.2 Å². The monoisotopic (exact) mass is 345 g/mol. The maximum atomic E-state index is 12.6. The molecule has 0 aliphatic carbocycles. The van der Waals surface area contributed by atoms with Crippen molar-refractivity contribution < 1.29 is 28.6 Å². The zero-order valence-electron chi connectivity index (χ0n) is 14.5. The van der Waals surface area contributed by atoms with Crippen molar-refractivity contribution in [3.63, 3.8) is 0 Å². The number of aromatic nitrogens is 1. The third-order valence-electron chi connectivity index (χ3n) is 3.87. The van der Waals surface area contributed by atoms with Crippen molar-refractivity contribution in [3.8, 4) is 0 Å². The fraction of sp³-hybridized carbons (Fsp3) is 0.278. The lowest BCUT2D eigenvalue weighted by Crippen LogP contribution is -2.16. The number of rotatable bonds is 5. The number of hydrogen-bond donors (Lipinski definition) is 0. The summed E-state index contributed by atoms with van der Waals surface area (Å²) in [5, 5.41) is 0. The first-order chi connectivity index (χ1) is 11.9. The Hall–Kier alpha value is -3.09. The van der Waals surface area contributed by atoms with E-state index in [1.54, 1.807) is 14.0 Å². The summed E-state index contributed by atoms with van der Waals surface area (Å²) in [6, 6.07) is 9.13. The maximum absolute atomic E-state index is 12.6. The second-order valence-electron chi connectivity index (χ2n) is 5.29. The number of carbonyl (C=O) groups is 3. The second-order valence-corrected chi connectivity index (χ2v) is 5.29. The number of benzene rings is 1. The van der Waals surface area contributed by atoms with Crippen molar-refractivity contribution >= 4 is 17.9 Å². The van der Waals surface area contributed by atoms with E-state index in [9.17, 15) is 14.4 Å². The molecule has 0 N–H and O–H groups in total. The van der Waals surface area contributed by atoms with Crippen LogP contribution in [0.15, 0.2) is 30.3 Å². The van der Waals surface area contributed by atoms with E-state index in [2.05, 4.69) is 0 Å². The van der Waals surface area contributed by atoms with Crippen molar-refractivity contribution in [3.05, 3.63) is 58.4 Å². The molecule has 0 bridgehead atoms. The predicted molar refractivity (Wildman–Crippen MR) is 88.4 cm³/mol. The highest BCUT2D eigenvalue weighted by molar-refractivity contribution is 6.11. The summed E-state index contributed by atoms with van der Waals surface area (Å²) in [7, 11) is 3.92. The molecule has 0 amide bonds. The Kier molecular flexibility index (Phi) is 5.59. The largest absolute Gasteiger partial charge is 0.465 e. The van der Waals surface area contributed by atoms with Crippen LogP contribution < -0.4 is 0 Å². The van der Waals surface area contributed by atoms with Crippen LogP contribution in [0.25, 0.3) is 0 Å². The van der Waals surface area contributed by atoms with Gasteiger partial charge in [-0.3, -0.25) is 0 Å². The van der Waals surface area contributed by atoms with Crippen molar-refractivity contribution in [2.24, 2.45) is 7.05 Å². The van der Waals surface area contributed by atoms with Gasteiger partial charge in [0.2, 0.25) is 0 Å². The molecule has 0 aliphatic heterocycles. The van der Waals surface area contributed by atoms with Crippen LogP contribution in [0.5, 0.6) is 0 Å². The van der Waals surface area contributed by atoms with Crippen molar-refractivity contribution in [1.82, 2.24) is 4.57 Å². The van der Waals surface area contributed by atoms with Gasteiger partial charge in [-0.15, -0.1) is 0 Å². The first-order valence-corrected chi connectivity index (χ1v) is 7.49. The average molecular weight is 345 g/mol. The third kappa shape index (κ3) is 3.55. The Bertz CT molecular complexity index is 807. The van der Waals surface area contributed by atoms with E-state index in [0.29, 0.717) is 5.69 Å². The molecule has 1 heterocycles. The van der Waals surface area contributed by atoms with E-state index in [0.717, 1.165) is 5.56 Å². The number of hydrogen-bond acceptors (Lipinski definition) is 6. The SMILES string of the molecule is COC(=O)c1c(C(=O)OCc2ccccc2)c(C)n(C)c1C(=O)OC. The van der Waals surface area contributed by atoms with Crippen LogP contribution in [0.1, 0.15) is 42.5 Å². The predicted octanol–water partition coefficient (Wildman–Crippen LogP) is 2.26. The first-order valence-electron chi connectivity index (χ1n) is 7.49. The maximum Gasteiger partial charge on any atom is 0.355 e. The van der Waals surface area contributed by atoms with Gasteiger partial charge in [0.15, 0.2) is 0 Å². The Morgan fingerprint density at radius 2 is 1.52 bits per heavy atom. The number of ether oxygens (including phenoxy) is 3. The van der Waals surface area contributed by atoms with E-state index in [-0.39, 0.29) is 23.4 Å². The van der Waals surface area contributed by atoms with Crippen LogP contribution in [-0.4, -0.2) is 36.7 Å². The summed E-state index contributed by atoms with van der Waals surface area (Å²) < 4.78 is 16.1. The Labute approximate surface area is 145 Å². The van der Waals surface area contributed by atoms with Gasteiger partial charge in [0.25, 0.3) is 0 Å². The molecular weight excluding hydrogens is 326 g/mol. The molecule has 0 unspecified atom stereocenters. The van der Waals surface area contributed by atoms with Gasteiger partial charge in [0.05, 0.1) is 19.8 Å². The molecule has 25 heavy (non-hydrogen) atoms. The molecule has 0 saturated heterocycles. The van der Waals surface area contributed by atoms with Gasteiger partial charge in [0, 0.05) is 12.7 Å². The fourth-order valence-corrected chi connectivity index (χ4v) is 2.48. The standard InChI is InChI=1S/C18H19NO6/c1-11-13(17(21)25-10-12-8-6-5-7-9-12)14(16(20)23-3)15(19(11)2)18(22)24-4/h5-9H,10H2,1-4H3. The first kappa shape index (κ1) is 18.3. The number of methoxy groups -OCH3 is 2. The molecule has 2 rings (SSSR count). The molecule has 0 radical (unpaired) electrons. The molecule has 2 aromatic rings. The highest BCUT2D eigenvalue weighted by atomic mass is 16.5.